The van der Waals surface area contributed by atoms with Crippen LogP contribution in [0.25, 0.3) is 0 Å². The molecule has 0 aromatic heterocycles. The molecule has 60 valence electrons. The van der Waals surface area contributed by atoms with E-state index in [2.05, 4.69) is 0 Å². The number of hydrogen-bond donors (Lipinski definition) is 0. The van der Waals surface area contributed by atoms with Crippen molar-refractivity contribution in [3.8, 4) is 5.75 Å². The topological polar surface area (TPSA) is 57.8 Å². The molecular weight excluding hydrogens is 144 g/mol. The van der Waals surface area contributed by atoms with Crippen molar-refractivity contribution in [2.24, 2.45) is 0 Å². The number of carbonyl (C=O) groups excluding carboxylic acids is 1. The zero-order valence-electron chi connectivity index (χ0n) is 6.20. The minimum atomic E-state index is -0.286. The Morgan fingerprint density at radius 1 is 1.27 bits per heavy atom. The van der Waals surface area contributed by atoms with Gasteiger partial charge in [-0.1, -0.05) is 18.2 Å². The molecule has 0 unspecified atom stereocenters. The van der Waals surface area contributed by atoms with E-state index in [0.29, 0.717) is 5.75 Å². The molecule has 0 aliphatic carbocycles. The predicted molar refractivity (Wildman–Crippen MR) is 41.4 cm³/mol. The van der Waals surface area contributed by atoms with Crippen LogP contribution >= 0.6 is 0 Å². The molecule has 0 aliphatic heterocycles. The van der Waals surface area contributed by atoms with Crippen LogP contribution < -0.4 is 4.74 Å². The average molecular weight is 154 g/mol. The maximum atomic E-state index is 10.4. The molecular formula is C8H10O3. The maximum Gasteiger partial charge on any atom is 0.308 e. The molecule has 1 rings (SSSR count). The van der Waals surface area contributed by atoms with Crippen LogP contribution in [-0.4, -0.2) is 11.4 Å². The lowest BCUT2D eigenvalue weighted by Crippen LogP contribution is -2.00. The SMILES string of the molecule is CC(=O)Oc1ccccc1.O. The number of rotatable bonds is 1. The van der Waals surface area contributed by atoms with Crippen LogP contribution in [0.3, 0.4) is 0 Å². The van der Waals surface area contributed by atoms with E-state index < -0.39 is 0 Å². The van der Waals surface area contributed by atoms with Gasteiger partial charge in [-0.25, -0.2) is 0 Å². The predicted octanol–water partition coefficient (Wildman–Crippen LogP) is 0.787. The summed E-state index contributed by atoms with van der Waals surface area (Å²) >= 11 is 0. The van der Waals surface area contributed by atoms with E-state index in [0.717, 1.165) is 0 Å². The number of benzene rings is 1. The lowest BCUT2D eigenvalue weighted by Gasteiger charge is -1.97. The molecule has 2 N–H and O–H groups in total. The van der Waals surface area contributed by atoms with Crippen molar-refractivity contribution in [2.75, 3.05) is 0 Å². The number of carbonyl (C=O) groups is 1. The highest BCUT2D eigenvalue weighted by molar-refractivity contribution is 5.69. The highest BCUT2D eigenvalue weighted by Crippen LogP contribution is 2.07. The Morgan fingerprint density at radius 2 is 1.82 bits per heavy atom. The smallest absolute Gasteiger partial charge is 0.308 e. The van der Waals surface area contributed by atoms with E-state index in [1.54, 1.807) is 12.1 Å². The molecule has 0 heterocycles. The Kier molecular flexibility index (Phi) is 3.92. The summed E-state index contributed by atoms with van der Waals surface area (Å²) in [5, 5.41) is 0. The summed E-state index contributed by atoms with van der Waals surface area (Å²) in [6, 6.07) is 8.98. The van der Waals surface area contributed by atoms with Gasteiger partial charge < -0.3 is 10.2 Å². The second kappa shape index (κ2) is 4.46. The van der Waals surface area contributed by atoms with Crippen LogP contribution in [0, 0.1) is 0 Å². The summed E-state index contributed by atoms with van der Waals surface area (Å²) in [5.74, 6) is 0.307. The zero-order valence-corrected chi connectivity index (χ0v) is 6.20. The van der Waals surface area contributed by atoms with Gasteiger partial charge in [-0.3, -0.25) is 4.79 Å². The van der Waals surface area contributed by atoms with Crippen molar-refractivity contribution < 1.29 is 15.0 Å². The van der Waals surface area contributed by atoms with Crippen LogP contribution in [-0.2, 0) is 4.79 Å². The number of ether oxygens (including phenoxy) is 1. The third kappa shape index (κ3) is 3.37. The van der Waals surface area contributed by atoms with Gasteiger partial charge >= 0.3 is 5.97 Å². The molecule has 0 aliphatic rings. The molecule has 0 radical (unpaired) electrons. The highest BCUT2D eigenvalue weighted by atomic mass is 16.5. The quantitative estimate of drug-likeness (QED) is 0.443. The second-order valence-corrected chi connectivity index (χ2v) is 1.91. The first kappa shape index (κ1) is 9.65. The van der Waals surface area contributed by atoms with Gasteiger partial charge in [0.2, 0.25) is 0 Å². The average Bonchev–Trinajstić information content (AvgIpc) is 1.88. The van der Waals surface area contributed by atoms with Gasteiger partial charge in [0.15, 0.2) is 0 Å². The normalized spacial score (nSPS) is 8.09. The van der Waals surface area contributed by atoms with E-state index in [1.165, 1.54) is 6.92 Å². The molecule has 0 spiro atoms. The molecule has 0 bridgehead atoms. The van der Waals surface area contributed by atoms with E-state index in [4.69, 9.17) is 4.74 Å². The Bertz CT molecular complexity index is 218. The summed E-state index contributed by atoms with van der Waals surface area (Å²) in [7, 11) is 0. The van der Waals surface area contributed by atoms with Crippen molar-refractivity contribution in [2.45, 2.75) is 6.92 Å². The minimum Gasteiger partial charge on any atom is -0.427 e. The van der Waals surface area contributed by atoms with Crippen molar-refractivity contribution >= 4 is 5.97 Å². The lowest BCUT2D eigenvalue weighted by atomic mass is 10.3. The monoisotopic (exact) mass is 154 g/mol. The second-order valence-electron chi connectivity index (χ2n) is 1.91. The van der Waals surface area contributed by atoms with Crippen LogP contribution in [0.15, 0.2) is 30.3 Å². The molecule has 1 aromatic carbocycles. The van der Waals surface area contributed by atoms with Crippen molar-refractivity contribution in [3.63, 3.8) is 0 Å². The zero-order chi connectivity index (χ0) is 7.40. The molecule has 11 heavy (non-hydrogen) atoms. The Hall–Kier alpha value is -1.35. The first-order valence-electron chi connectivity index (χ1n) is 3.02. The third-order valence-electron chi connectivity index (χ3n) is 1.00. The van der Waals surface area contributed by atoms with Gasteiger partial charge in [0.1, 0.15) is 5.75 Å². The first-order chi connectivity index (χ1) is 4.79. The largest absolute Gasteiger partial charge is 0.427 e. The Labute approximate surface area is 64.9 Å². The van der Waals surface area contributed by atoms with Gasteiger partial charge in [-0.15, -0.1) is 0 Å². The summed E-state index contributed by atoms with van der Waals surface area (Å²) < 4.78 is 4.78. The molecule has 0 fully saturated rings. The van der Waals surface area contributed by atoms with Gasteiger partial charge in [0, 0.05) is 6.92 Å². The van der Waals surface area contributed by atoms with Crippen LogP contribution in [0.5, 0.6) is 5.75 Å². The minimum absolute atomic E-state index is 0. The van der Waals surface area contributed by atoms with Crippen molar-refractivity contribution in [3.05, 3.63) is 30.3 Å². The molecule has 1 aromatic rings. The van der Waals surface area contributed by atoms with Crippen LogP contribution in [0.1, 0.15) is 6.92 Å². The van der Waals surface area contributed by atoms with E-state index in [-0.39, 0.29) is 11.4 Å². The van der Waals surface area contributed by atoms with Gasteiger partial charge in [0.25, 0.3) is 0 Å². The van der Waals surface area contributed by atoms with Gasteiger partial charge in [0.05, 0.1) is 0 Å². The van der Waals surface area contributed by atoms with Crippen LogP contribution in [0.2, 0.25) is 0 Å². The van der Waals surface area contributed by atoms with E-state index >= 15 is 0 Å². The molecule has 0 atom stereocenters. The van der Waals surface area contributed by atoms with E-state index in [1.807, 2.05) is 18.2 Å². The first-order valence-corrected chi connectivity index (χ1v) is 3.02. The Balaban J connectivity index is 0.000001000. The fourth-order valence-corrected chi connectivity index (χ4v) is 0.655. The summed E-state index contributed by atoms with van der Waals surface area (Å²) in [5.41, 5.74) is 0. The molecule has 3 nitrogen and oxygen atoms in total. The number of esters is 1. The highest BCUT2D eigenvalue weighted by Gasteiger charge is 1.92. The molecule has 0 saturated carbocycles. The number of hydrogen-bond acceptors (Lipinski definition) is 2. The fourth-order valence-electron chi connectivity index (χ4n) is 0.655. The number of para-hydroxylation sites is 1. The summed E-state index contributed by atoms with van der Waals surface area (Å²) in [6.45, 7) is 1.38. The van der Waals surface area contributed by atoms with Crippen LogP contribution in [0.4, 0.5) is 0 Å². The molecule has 0 saturated heterocycles. The van der Waals surface area contributed by atoms with Gasteiger partial charge in [-0.05, 0) is 12.1 Å². The standard InChI is InChI=1S/C8H8O2.H2O/c1-7(9)10-8-5-3-2-4-6-8;/h2-6H,1H3;1H2. The lowest BCUT2D eigenvalue weighted by molar-refractivity contribution is -0.131. The summed E-state index contributed by atoms with van der Waals surface area (Å²) in [4.78, 5) is 10.4. The third-order valence-corrected chi connectivity index (χ3v) is 1.00. The molecule has 0 amide bonds. The maximum absolute atomic E-state index is 10.4. The van der Waals surface area contributed by atoms with Crippen molar-refractivity contribution in [1.29, 1.82) is 0 Å². The summed E-state index contributed by atoms with van der Waals surface area (Å²) in [6.07, 6.45) is 0. The fraction of sp³-hybridized carbons (Fsp3) is 0.125. The van der Waals surface area contributed by atoms with Crippen molar-refractivity contribution in [1.82, 2.24) is 0 Å². The van der Waals surface area contributed by atoms with E-state index in [9.17, 15) is 4.79 Å². The Morgan fingerprint density at radius 3 is 2.27 bits per heavy atom. The van der Waals surface area contributed by atoms with Gasteiger partial charge in [-0.2, -0.15) is 0 Å². The molecule has 3 heteroatoms.